The van der Waals surface area contributed by atoms with Gasteiger partial charge in [-0.05, 0) is 78.1 Å². The first-order chi connectivity index (χ1) is 10.9. The Morgan fingerprint density at radius 3 is 1.08 bits per heavy atom. The molecule has 0 aliphatic heterocycles. The summed E-state index contributed by atoms with van der Waals surface area (Å²) in [5, 5.41) is 39.1. The van der Waals surface area contributed by atoms with Gasteiger partial charge in [-0.15, -0.1) is 13.2 Å². The first-order valence-electron chi connectivity index (χ1n) is 9.06. The van der Waals surface area contributed by atoms with Gasteiger partial charge >= 0.3 is 0 Å². The summed E-state index contributed by atoms with van der Waals surface area (Å²) in [6.07, 6.45) is 10.3. The van der Waals surface area contributed by atoms with Crippen molar-refractivity contribution in [1.82, 2.24) is 0 Å². The fourth-order valence-electron chi connectivity index (χ4n) is 3.45. The van der Waals surface area contributed by atoms with Gasteiger partial charge in [0.25, 0.3) is 0 Å². The van der Waals surface area contributed by atoms with Crippen molar-refractivity contribution in [2.45, 2.75) is 100 Å². The van der Waals surface area contributed by atoms with Gasteiger partial charge in [-0.1, -0.05) is 12.2 Å². The Kier molecular flexibility index (Phi) is 7.24. The van der Waals surface area contributed by atoms with Crippen molar-refractivity contribution in [3.05, 3.63) is 25.3 Å². The van der Waals surface area contributed by atoms with Gasteiger partial charge in [0.15, 0.2) is 0 Å². The molecule has 0 saturated heterocycles. The summed E-state index contributed by atoms with van der Waals surface area (Å²) in [5.74, 6) is 0. The first kappa shape index (κ1) is 21.4. The van der Waals surface area contributed by atoms with Crippen molar-refractivity contribution in [1.29, 1.82) is 0 Å². The van der Waals surface area contributed by atoms with Crippen molar-refractivity contribution in [2.75, 3.05) is 0 Å². The minimum absolute atomic E-state index is 0.562. The minimum Gasteiger partial charge on any atom is -0.390 e. The van der Waals surface area contributed by atoms with Crippen molar-refractivity contribution in [3.63, 3.8) is 0 Å². The molecule has 4 heteroatoms. The molecule has 0 spiro atoms. The maximum Gasteiger partial charge on any atom is 0.0684 e. The van der Waals surface area contributed by atoms with Crippen LogP contribution in [0, 0.1) is 0 Å². The predicted molar refractivity (Wildman–Crippen MR) is 97.7 cm³/mol. The zero-order valence-corrected chi connectivity index (χ0v) is 15.4. The summed E-state index contributed by atoms with van der Waals surface area (Å²) in [6.45, 7) is 10.9. The third-order valence-electron chi connectivity index (χ3n) is 5.56. The third-order valence-corrected chi connectivity index (χ3v) is 5.56. The van der Waals surface area contributed by atoms with Crippen LogP contribution in [0.4, 0.5) is 0 Å². The fourth-order valence-corrected chi connectivity index (χ4v) is 3.45. The van der Waals surface area contributed by atoms with Crippen LogP contribution in [0.5, 0.6) is 0 Å². The average molecular weight is 341 g/mol. The van der Waals surface area contributed by atoms with E-state index in [0.717, 1.165) is 0 Å². The monoisotopic (exact) mass is 340 g/mol. The van der Waals surface area contributed by atoms with Crippen LogP contribution >= 0.6 is 0 Å². The molecule has 0 amide bonds. The lowest BCUT2D eigenvalue weighted by molar-refractivity contribution is -0.0701. The third kappa shape index (κ3) is 7.06. The van der Waals surface area contributed by atoms with Gasteiger partial charge in [0.05, 0.1) is 22.4 Å². The lowest BCUT2D eigenvalue weighted by atomic mass is 9.75. The van der Waals surface area contributed by atoms with Gasteiger partial charge in [-0.2, -0.15) is 0 Å². The van der Waals surface area contributed by atoms with E-state index >= 15 is 0 Å². The number of hydrogen-bond acceptors (Lipinski definition) is 4. The molecule has 24 heavy (non-hydrogen) atoms. The Morgan fingerprint density at radius 1 is 0.625 bits per heavy atom. The Balaban J connectivity index is 0.000000240. The van der Waals surface area contributed by atoms with Crippen LogP contribution in [0.3, 0.4) is 0 Å². The average Bonchev–Trinajstić information content (AvgIpc) is 2.48. The molecule has 0 aromatic rings. The highest BCUT2D eigenvalue weighted by Crippen LogP contribution is 2.37. The van der Waals surface area contributed by atoms with Crippen LogP contribution in [0.25, 0.3) is 0 Å². The smallest absolute Gasteiger partial charge is 0.0684 e. The molecule has 0 atom stereocenters. The van der Waals surface area contributed by atoms with Gasteiger partial charge in [0.1, 0.15) is 0 Å². The van der Waals surface area contributed by atoms with E-state index in [-0.39, 0.29) is 0 Å². The van der Waals surface area contributed by atoms with Crippen molar-refractivity contribution >= 4 is 0 Å². The predicted octanol–water partition coefficient (Wildman–Crippen LogP) is 3.24. The van der Waals surface area contributed by atoms with Crippen LogP contribution in [0.2, 0.25) is 0 Å². The first-order valence-corrected chi connectivity index (χ1v) is 9.06. The highest BCUT2D eigenvalue weighted by atomic mass is 16.3. The second-order valence-corrected chi connectivity index (χ2v) is 8.43. The molecule has 0 heterocycles. The van der Waals surface area contributed by atoms with E-state index in [4.69, 9.17) is 0 Å². The molecule has 0 radical (unpaired) electrons. The van der Waals surface area contributed by atoms with Crippen LogP contribution in [0.1, 0.15) is 78.1 Å². The summed E-state index contributed by atoms with van der Waals surface area (Å²) < 4.78 is 0. The summed E-state index contributed by atoms with van der Waals surface area (Å²) in [5.41, 5.74) is -2.31. The summed E-state index contributed by atoms with van der Waals surface area (Å²) in [4.78, 5) is 0. The standard InChI is InChI=1S/2C10H18O2/c2*1-3-4-10(12)7-5-9(2,11)6-8-10/h2*3,11-12H,1,4-8H2,2H3. The normalized spacial score (nSPS) is 42.6. The van der Waals surface area contributed by atoms with Gasteiger partial charge in [-0.3, -0.25) is 0 Å². The quantitative estimate of drug-likeness (QED) is 0.592. The number of aliphatic hydroxyl groups is 4. The lowest BCUT2D eigenvalue weighted by Crippen LogP contribution is -2.40. The molecule has 140 valence electrons. The van der Waals surface area contributed by atoms with Crippen LogP contribution in [0.15, 0.2) is 25.3 Å². The molecule has 2 rings (SSSR count). The zero-order chi connectivity index (χ0) is 18.5. The maximum absolute atomic E-state index is 9.92. The highest BCUT2D eigenvalue weighted by Gasteiger charge is 2.37. The molecular weight excluding hydrogens is 304 g/mol. The maximum atomic E-state index is 9.92. The molecule has 0 unspecified atom stereocenters. The second-order valence-electron chi connectivity index (χ2n) is 8.43. The molecule has 2 aliphatic carbocycles. The molecule has 0 aromatic carbocycles. The van der Waals surface area contributed by atoms with E-state index < -0.39 is 22.4 Å². The van der Waals surface area contributed by atoms with Gasteiger partial charge in [-0.25, -0.2) is 0 Å². The molecule has 2 fully saturated rings. The topological polar surface area (TPSA) is 80.9 Å². The van der Waals surface area contributed by atoms with E-state index in [1.165, 1.54) is 0 Å². The zero-order valence-electron chi connectivity index (χ0n) is 15.4. The van der Waals surface area contributed by atoms with Crippen LogP contribution in [-0.2, 0) is 0 Å². The van der Waals surface area contributed by atoms with E-state index in [2.05, 4.69) is 13.2 Å². The van der Waals surface area contributed by atoms with Gasteiger partial charge < -0.3 is 20.4 Å². The Hall–Kier alpha value is -0.680. The minimum atomic E-state index is -0.593. The summed E-state index contributed by atoms with van der Waals surface area (Å²) in [6, 6.07) is 0. The number of hydrogen-bond donors (Lipinski definition) is 4. The highest BCUT2D eigenvalue weighted by molar-refractivity contribution is 4.95. The molecule has 4 N–H and O–H groups in total. The number of rotatable bonds is 4. The Labute approximate surface area is 146 Å². The molecule has 2 aliphatic rings. The van der Waals surface area contributed by atoms with Crippen LogP contribution < -0.4 is 0 Å². The Bertz CT molecular complexity index is 365. The van der Waals surface area contributed by atoms with Crippen molar-refractivity contribution < 1.29 is 20.4 Å². The molecular formula is C20H36O4. The van der Waals surface area contributed by atoms with E-state index in [9.17, 15) is 20.4 Å². The molecule has 2 saturated carbocycles. The largest absolute Gasteiger partial charge is 0.390 e. The SMILES string of the molecule is C=CCC1(O)CCC(C)(O)CC1.C=CCC1(O)CCC(C)(O)CC1. The van der Waals surface area contributed by atoms with E-state index in [0.29, 0.717) is 64.2 Å². The van der Waals surface area contributed by atoms with E-state index in [1.54, 1.807) is 12.2 Å². The Morgan fingerprint density at radius 2 is 0.875 bits per heavy atom. The summed E-state index contributed by atoms with van der Waals surface area (Å²) in [7, 11) is 0. The summed E-state index contributed by atoms with van der Waals surface area (Å²) >= 11 is 0. The van der Waals surface area contributed by atoms with Crippen molar-refractivity contribution in [3.8, 4) is 0 Å². The van der Waals surface area contributed by atoms with Crippen LogP contribution in [-0.4, -0.2) is 42.8 Å². The fraction of sp³-hybridized carbons (Fsp3) is 0.800. The van der Waals surface area contributed by atoms with Crippen molar-refractivity contribution in [2.24, 2.45) is 0 Å². The molecule has 0 aromatic heterocycles. The van der Waals surface area contributed by atoms with Gasteiger partial charge in [0.2, 0.25) is 0 Å². The molecule has 4 nitrogen and oxygen atoms in total. The van der Waals surface area contributed by atoms with E-state index in [1.807, 2.05) is 13.8 Å². The lowest BCUT2D eigenvalue weighted by Gasteiger charge is -2.38. The van der Waals surface area contributed by atoms with Gasteiger partial charge in [0, 0.05) is 0 Å². The second kappa shape index (κ2) is 8.13. The molecule has 0 bridgehead atoms.